The lowest BCUT2D eigenvalue weighted by molar-refractivity contribution is 0.241. The minimum Gasteiger partial charge on any atom is -0.329 e. The molecule has 0 fully saturated rings. The maximum absolute atomic E-state index is 13.3. The summed E-state index contributed by atoms with van der Waals surface area (Å²) in [6.07, 6.45) is 0. The Morgan fingerprint density at radius 3 is 2.52 bits per heavy atom. The lowest BCUT2D eigenvalue weighted by Crippen LogP contribution is -2.30. The highest BCUT2D eigenvalue weighted by Crippen LogP contribution is 2.24. The molecule has 0 amide bonds. The Kier molecular flexibility index (Phi) is 5.10. The van der Waals surface area contributed by atoms with Gasteiger partial charge in [0.05, 0.1) is 0 Å². The topological polar surface area (TPSA) is 29.3 Å². The zero-order chi connectivity index (χ0) is 15.4. The van der Waals surface area contributed by atoms with Crippen molar-refractivity contribution in [3.63, 3.8) is 0 Å². The van der Waals surface area contributed by atoms with Gasteiger partial charge >= 0.3 is 0 Å². The molecule has 2 rings (SSSR count). The molecule has 0 bridgehead atoms. The Balaban J connectivity index is 2.20. The fourth-order valence-corrected chi connectivity index (χ4v) is 2.78. The van der Waals surface area contributed by atoms with Crippen molar-refractivity contribution in [2.24, 2.45) is 5.73 Å². The summed E-state index contributed by atoms with van der Waals surface area (Å²) < 4.78 is 13.3. The molecule has 0 radical (unpaired) electrons. The van der Waals surface area contributed by atoms with Crippen molar-refractivity contribution in [2.75, 3.05) is 13.6 Å². The molecular weight excluding hydrogens is 263 g/mol. The van der Waals surface area contributed by atoms with E-state index in [0.717, 1.165) is 5.56 Å². The van der Waals surface area contributed by atoms with Gasteiger partial charge in [-0.3, -0.25) is 4.90 Å². The third kappa shape index (κ3) is 3.90. The van der Waals surface area contributed by atoms with E-state index in [-0.39, 0.29) is 11.9 Å². The Hall–Kier alpha value is -1.71. The van der Waals surface area contributed by atoms with Crippen LogP contribution in [0.25, 0.3) is 0 Å². The van der Waals surface area contributed by atoms with Gasteiger partial charge in [-0.15, -0.1) is 0 Å². The molecule has 21 heavy (non-hydrogen) atoms. The monoisotopic (exact) mass is 286 g/mol. The Bertz CT molecular complexity index is 610. The van der Waals surface area contributed by atoms with E-state index >= 15 is 0 Å². The van der Waals surface area contributed by atoms with E-state index in [1.807, 2.05) is 13.1 Å². The first-order valence-electron chi connectivity index (χ1n) is 7.23. The molecule has 0 aliphatic carbocycles. The predicted molar refractivity (Wildman–Crippen MR) is 85.6 cm³/mol. The highest BCUT2D eigenvalue weighted by Gasteiger charge is 2.17. The average Bonchev–Trinajstić information content (AvgIpc) is 2.42. The van der Waals surface area contributed by atoms with E-state index in [1.54, 1.807) is 12.1 Å². The number of aryl methyl sites for hydroxylation is 2. The van der Waals surface area contributed by atoms with Gasteiger partial charge in [-0.2, -0.15) is 0 Å². The zero-order valence-corrected chi connectivity index (χ0v) is 12.9. The van der Waals surface area contributed by atoms with Crippen molar-refractivity contribution in [3.05, 3.63) is 70.5 Å². The van der Waals surface area contributed by atoms with Crippen molar-refractivity contribution in [2.45, 2.75) is 26.4 Å². The predicted octanol–water partition coefficient (Wildman–Crippen LogP) is 3.57. The van der Waals surface area contributed by atoms with E-state index in [4.69, 9.17) is 5.73 Å². The quantitative estimate of drug-likeness (QED) is 0.910. The van der Waals surface area contributed by atoms with Crippen LogP contribution in [0.3, 0.4) is 0 Å². The molecule has 0 aliphatic heterocycles. The van der Waals surface area contributed by atoms with Gasteiger partial charge in [0.25, 0.3) is 0 Å². The van der Waals surface area contributed by atoms with Crippen molar-refractivity contribution < 1.29 is 4.39 Å². The summed E-state index contributed by atoms with van der Waals surface area (Å²) in [6, 6.07) is 13.3. The van der Waals surface area contributed by atoms with Gasteiger partial charge < -0.3 is 5.73 Å². The fourth-order valence-electron chi connectivity index (χ4n) is 2.78. The number of nitrogens with two attached hydrogens (primary N) is 1. The van der Waals surface area contributed by atoms with Crippen LogP contribution in [0, 0.1) is 19.7 Å². The summed E-state index contributed by atoms with van der Waals surface area (Å²) in [6.45, 7) is 5.41. The molecule has 0 saturated carbocycles. The number of benzene rings is 2. The Morgan fingerprint density at radius 2 is 1.90 bits per heavy atom. The van der Waals surface area contributed by atoms with Gasteiger partial charge in [0.15, 0.2) is 0 Å². The third-order valence-corrected chi connectivity index (χ3v) is 3.86. The molecule has 2 aromatic carbocycles. The highest BCUT2D eigenvalue weighted by atomic mass is 19.1. The molecule has 0 saturated heterocycles. The van der Waals surface area contributed by atoms with Crippen molar-refractivity contribution in [1.82, 2.24) is 4.90 Å². The maximum atomic E-state index is 13.3. The second-order valence-electron chi connectivity index (χ2n) is 5.66. The molecule has 2 nitrogen and oxygen atoms in total. The van der Waals surface area contributed by atoms with Crippen LogP contribution >= 0.6 is 0 Å². The normalized spacial score (nSPS) is 12.7. The molecule has 2 aromatic rings. The summed E-state index contributed by atoms with van der Waals surface area (Å²) >= 11 is 0. The molecule has 0 aliphatic rings. The average molecular weight is 286 g/mol. The van der Waals surface area contributed by atoms with Crippen molar-refractivity contribution in [1.29, 1.82) is 0 Å². The lowest BCUT2D eigenvalue weighted by atomic mass is 9.98. The summed E-state index contributed by atoms with van der Waals surface area (Å²) in [5.74, 6) is -0.197. The van der Waals surface area contributed by atoms with E-state index in [0.29, 0.717) is 13.1 Å². The molecule has 0 aromatic heterocycles. The van der Waals surface area contributed by atoms with Crippen LogP contribution in [0.1, 0.15) is 28.3 Å². The molecule has 0 spiro atoms. The second-order valence-corrected chi connectivity index (χ2v) is 5.66. The second kappa shape index (κ2) is 6.83. The first-order chi connectivity index (χ1) is 10.0. The molecule has 1 atom stereocenters. The largest absolute Gasteiger partial charge is 0.329 e. The molecule has 1 unspecified atom stereocenters. The SMILES string of the molecule is Cc1ccc(C(CN)N(C)Cc2cccc(F)c2)c(C)c1. The van der Waals surface area contributed by atoms with Crippen LogP contribution in [-0.4, -0.2) is 18.5 Å². The van der Waals surface area contributed by atoms with E-state index in [1.165, 1.54) is 22.8 Å². The molecule has 112 valence electrons. The Morgan fingerprint density at radius 1 is 1.14 bits per heavy atom. The van der Waals surface area contributed by atoms with Crippen LogP contribution in [0.4, 0.5) is 4.39 Å². The number of rotatable bonds is 5. The summed E-state index contributed by atoms with van der Waals surface area (Å²) in [5, 5.41) is 0. The van der Waals surface area contributed by atoms with Crippen molar-refractivity contribution in [3.8, 4) is 0 Å². The molecule has 3 heteroatoms. The molecular formula is C18H23FN2. The van der Waals surface area contributed by atoms with Gasteiger partial charge in [-0.05, 0) is 49.7 Å². The fraction of sp³-hybridized carbons (Fsp3) is 0.333. The number of halogens is 1. The Labute approximate surface area is 126 Å². The van der Waals surface area contributed by atoms with Crippen LogP contribution < -0.4 is 5.73 Å². The minimum atomic E-state index is -0.197. The van der Waals surface area contributed by atoms with Crippen molar-refractivity contribution >= 4 is 0 Å². The van der Waals surface area contributed by atoms with E-state index in [2.05, 4.69) is 36.9 Å². The van der Waals surface area contributed by atoms with Crippen LogP contribution in [-0.2, 0) is 6.54 Å². The zero-order valence-electron chi connectivity index (χ0n) is 12.9. The number of likely N-dealkylation sites (N-methyl/N-ethyl adjacent to an activating group) is 1. The number of hydrogen-bond donors (Lipinski definition) is 1. The van der Waals surface area contributed by atoms with Crippen LogP contribution in [0.2, 0.25) is 0 Å². The number of nitrogens with zero attached hydrogens (tertiary/aromatic N) is 1. The van der Waals surface area contributed by atoms with Crippen LogP contribution in [0.5, 0.6) is 0 Å². The van der Waals surface area contributed by atoms with Gasteiger partial charge in [0.1, 0.15) is 5.82 Å². The highest BCUT2D eigenvalue weighted by molar-refractivity contribution is 5.33. The summed E-state index contributed by atoms with van der Waals surface area (Å²) in [5.41, 5.74) is 10.7. The first kappa shape index (κ1) is 15.7. The molecule has 2 N–H and O–H groups in total. The molecule has 0 heterocycles. The van der Waals surface area contributed by atoms with Gasteiger partial charge in [-0.1, -0.05) is 35.9 Å². The van der Waals surface area contributed by atoms with Gasteiger partial charge in [0.2, 0.25) is 0 Å². The van der Waals surface area contributed by atoms with Crippen LogP contribution in [0.15, 0.2) is 42.5 Å². The summed E-state index contributed by atoms with van der Waals surface area (Å²) in [7, 11) is 2.03. The maximum Gasteiger partial charge on any atom is 0.123 e. The first-order valence-corrected chi connectivity index (χ1v) is 7.23. The lowest BCUT2D eigenvalue weighted by Gasteiger charge is -2.29. The van der Waals surface area contributed by atoms with E-state index < -0.39 is 0 Å². The van der Waals surface area contributed by atoms with Gasteiger partial charge in [-0.25, -0.2) is 4.39 Å². The minimum absolute atomic E-state index is 0.133. The standard InChI is InChI=1S/C18H23FN2/c1-13-7-8-17(14(2)9-13)18(11-20)21(3)12-15-5-4-6-16(19)10-15/h4-10,18H,11-12,20H2,1-3H3. The smallest absolute Gasteiger partial charge is 0.123 e. The number of hydrogen-bond acceptors (Lipinski definition) is 2. The van der Waals surface area contributed by atoms with Gasteiger partial charge in [0, 0.05) is 19.1 Å². The summed E-state index contributed by atoms with van der Waals surface area (Å²) in [4.78, 5) is 2.17. The van der Waals surface area contributed by atoms with E-state index in [9.17, 15) is 4.39 Å². The third-order valence-electron chi connectivity index (χ3n) is 3.86.